The van der Waals surface area contributed by atoms with Crippen molar-refractivity contribution in [1.82, 2.24) is 0 Å². The van der Waals surface area contributed by atoms with Gasteiger partial charge in [0.15, 0.2) is 18.1 Å². The lowest BCUT2D eigenvalue weighted by Gasteiger charge is -2.29. The monoisotopic (exact) mass is 425 g/mol. The molecule has 1 saturated heterocycles. The Morgan fingerprint density at radius 3 is 2.29 bits per heavy atom. The molecule has 0 aromatic heterocycles. The van der Waals surface area contributed by atoms with Gasteiger partial charge in [0.25, 0.3) is 11.7 Å². The van der Waals surface area contributed by atoms with E-state index >= 15 is 0 Å². The molecule has 2 aromatic rings. The number of anilines is 1. The molecule has 0 bridgehead atoms. The van der Waals surface area contributed by atoms with Crippen LogP contribution in [0.3, 0.4) is 0 Å². The summed E-state index contributed by atoms with van der Waals surface area (Å²) >= 11 is 0. The highest BCUT2D eigenvalue weighted by Crippen LogP contribution is 2.30. The van der Waals surface area contributed by atoms with E-state index in [0.29, 0.717) is 22.7 Å². The van der Waals surface area contributed by atoms with Gasteiger partial charge in [-0.05, 0) is 42.8 Å². The van der Waals surface area contributed by atoms with Gasteiger partial charge in [-0.3, -0.25) is 4.79 Å². The number of carbonyl (C=O) groups excluding carboxylic acids is 3. The topological polar surface area (TPSA) is 100 Å². The van der Waals surface area contributed by atoms with Crippen molar-refractivity contribution < 1.29 is 33.3 Å². The third kappa shape index (κ3) is 5.63. The fraction of sp³-hybridized carbons (Fsp3) is 0.261. The van der Waals surface area contributed by atoms with Crippen LogP contribution in [0.5, 0.6) is 11.5 Å². The number of ether oxygens (including phenoxy) is 4. The molecule has 1 heterocycles. The van der Waals surface area contributed by atoms with Crippen LogP contribution in [0.4, 0.5) is 5.69 Å². The highest BCUT2D eigenvalue weighted by atomic mass is 16.7. The summed E-state index contributed by atoms with van der Waals surface area (Å²) in [5, 5.41) is 2.74. The van der Waals surface area contributed by atoms with E-state index in [1.54, 1.807) is 30.3 Å². The molecule has 0 aliphatic carbocycles. The quantitative estimate of drug-likeness (QED) is 0.431. The molecule has 8 nitrogen and oxygen atoms in total. The second-order valence-corrected chi connectivity index (χ2v) is 7.35. The third-order valence-electron chi connectivity index (χ3n) is 4.31. The number of methoxy groups -OCH3 is 1. The number of carbonyl (C=O) groups is 3. The summed E-state index contributed by atoms with van der Waals surface area (Å²) in [5.74, 6) is -2.51. The maximum Gasteiger partial charge on any atom is 0.348 e. The molecule has 162 valence electrons. The van der Waals surface area contributed by atoms with Gasteiger partial charge in [-0.2, -0.15) is 0 Å². The van der Waals surface area contributed by atoms with Crippen LogP contribution < -0.4 is 14.8 Å². The van der Waals surface area contributed by atoms with Crippen molar-refractivity contribution in [3.63, 3.8) is 0 Å². The molecule has 0 atom stereocenters. The van der Waals surface area contributed by atoms with Gasteiger partial charge in [0.1, 0.15) is 5.57 Å². The first kappa shape index (κ1) is 21.9. The number of aryl methyl sites for hydroxylation is 1. The van der Waals surface area contributed by atoms with Gasteiger partial charge in [0, 0.05) is 19.5 Å². The number of hydrogen-bond acceptors (Lipinski definition) is 7. The van der Waals surface area contributed by atoms with E-state index in [-0.39, 0.29) is 18.1 Å². The van der Waals surface area contributed by atoms with Gasteiger partial charge >= 0.3 is 11.9 Å². The van der Waals surface area contributed by atoms with E-state index < -0.39 is 17.7 Å². The van der Waals surface area contributed by atoms with Gasteiger partial charge in [0.2, 0.25) is 0 Å². The van der Waals surface area contributed by atoms with E-state index in [1.807, 2.05) is 19.1 Å². The van der Waals surface area contributed by atoms with Crippen molar-refractivity contribution >= 4 is 29.6 Å². The lowest BCUT2D eigenvalue weighted by molar-refractivity contribution is -0.222. The van der Waals surface area contributed by atoms with E-state index in [0.717, 1.165) is 5.56 Å². The molecule has 3 rings (SSSR count). The molecule has 1 aliphatic heterocycles. The Morgan fingerprint density at radius 1 is 1.03 bits per heavy atom. The standard InChI is InChI=1S/C23H23NO7/c1-14-5-8-16(9-6-14)24-20(25)13-29-18-10-7-15(12-19(18)28-4)11-17-21(26)30-23(2,3)31-22(17)27/h5-12H,13H2,1-4H3,(H,24,25). The first-order valence-corrected chi connectivity index (χ1v) is 9.52. The van der Waals surface area contributed by atoms with Crippen LogP contribution in [0, 0.1) is 6.92 Å². The molecule has 1 aliphatic rings. The summed E-state index contributed by atoms with van der Waals surface area (Å²) < 4.78 is 21.0. The van der Waals surface area contributed by atoms with Crippen molar-refractivity contribution in [1.29, 1.82) is 0 Å². The second kappa shape index (κ2) is 8.91. The Balaban J connectivity index is 1.68. The van der Waals surface area contributed by atoms with Crippen molar-refractivity contribution in [2.24, 2.45) is 0 Å². The zero-order valence-electron chi connectivity index (χ0n) is 17.7. The molecule has 0 radical (unpaired) electrons. The maximum atomic E-state index is 12.1. The lowest BCUT2D eigenvalue weighted by Crippen LogP contribution is -2.41. The average Bonchev–Trinajstić information content (AvgIpc) is 2.70. The number of benzene rings is 2. The first-order valence-electron chi connectivity index (χ1n) is 9.52. The van der Waals surface area contributed by atoms with Crippen molar-refractivity contribution in [3.8, 4) is 11.5 Å². The van der Waals surface area contributed by atoms with Gasteiger partial charge < -0.3 is 24.3 Å². The average molecular weight is 425 g/mol. The van der Waals surface area contributed by atoms with Crippen LogP contribution in [0.2, 0.25) is 0 Å². The van der Waals surface area contributed by atoms with Gasteiger partial charge in [-0.25, -0.2) is 9.59 Å². The highest BCUT2D eigenvalue weighted by Gasteiger charge is 2.38. The number of hydrogen-bond donors (Lipinski definition) is 1. The Kier molecular flexibility index (Phi) is 6.29. The Morgan fingerprint density at radius 2 is 1.68 bits per heavy atom. The van der Waals surface area contributed by atoms with E-state index in [4.69, 9.17) is 18.9 Å². The van der Waals surface area contributed by atoms with Crippen LogP contribution in [-0.2, 0) is 23.9 Å². The smallest absolute Gasteiger partial charge is 0.348 e. The van der Waals surface area contributed by atoms with Crippen LogP contribution in [-0.4, -0.2) is 37.3 Å². The van der Waals surface area contributed by atoms with Crippen molar-refractivity contribution in [2.45, 2.75) is 26.6 Å². The van der Waals surface area contributed by atoms with E-state index in [2.05, 4.69) is 5.32 Å². The summed E-state index contributed by atoms with van der Waals surface area (Å²) in [6.07, 6.45) is 1.34. The molecule has 1 fully saturated rings. The minimum atomic E-state index is -1.31. The third-order valence-corrected chi connectivity index (χ3v) is 4.31. The largest absolute Gasteiger partial charge is 0.493 e. The van der Waals surface area contributed by atoms with Gasteiger partial charge in [0.05, 0.1) is 7.11 Å². The number of nitrogens with one attached hydrogen (secondary N) is 1. The van der Waals surface area contributed by atoms with E-state index in [9.17, 15) is 14.4 Å². The van der Waals surface area contributed by atoms with Gasteiger partial charge in [-0.15, -0.1) is 0 Å². The van der Waals surface area contributed by atoms with Crippen molar-refractivity contribution in [3.05, 3.63) is 59.2 Å². The van der Waals surface area contributed by atoms with E-state index in [1.165, 1.54) is 27.0 Å². The van der Waals surface area contributed by atoms with Crippen LogP contribution in [0.15, 0.2) is 48.0 Å². The van der Waals surface area contributed by atoms with Gasteiger partial charge in [-0.1, -0.05) is 23.8 Å². The fourth-order valence-electron chi connectivity index (χ4n) is 2.82. The summed E-state index contributed by atoms with van der Waals surface area (Å²) in [7, 11) is 1.44. The molecular weight excluding hydrogens is 402 g/mol. The van der Waals surface area contributed by atoms with Crippen molar-refractivity contribution in [2.75, 3.05) is 19.0 Å². The Hall–Kier alpha value is -3.81. The molecule has 0 unspecified atom stereocenters. The molecule has 1 N–H and O–H groups in total. The van der Waals surface area contributed by atoms with Crippen LogP contribution >= 0.6 is 0 Å². The molecule has 8 heteroatoms. The summed E-state index contributed by atoms with van der Waals surface area (Å²) in [6.45, 7) is 4.69. The molecule has 2 aromatic carbocycles. The lowest BCUT2D eigenvalue weighted by atomic mass is 10.1. The summed E-state index contributed by atoms with van der Waals surface area (Å²) in [5.41, 5.74) is 2.03. The first-order chi connectivity index (χ1) is 14.7. The highest BCUT2D eigenvalue weighted by molar-refractivity contribution is 6.18. The fourth-order valence-corrected chi connectivity index (χ4v) is 2.82. The Labute approximate surface area is 179 Å². The predicted octanol–water partition coefficient (Wildman–Crippen LogP) is 3.24. The molecule has 1 amide bonds. The number of esters is 2. The second-order valence-electron chi connectivity index (χ2n) is 7.35. The number of amides is 1. The maximum absolute atomic E-state index is 12.1. The SMILES string of the molecule is COc1cc(C=C2C(=O)OC(C)(C)OC2=O)ccc1OCC(=O)Nc1ccc(C)cc1. The molecule has 0 spiro atoms. The summed E-state index contributed by atoms with van der Waals surface area (Å²) in [6, 6.07) is 12.2. The predicted molar refractivity (Wildman–Crippen MR) is 113 cm³/mol. The number of cyclic esters (lactones) is 2. The zero-order chi connectivity index (χ0) is 22.6. The normalized spacial score (nSPS) is 14.9. The van der Waals surface area contributed by atoms with Crippen LogP contribution in [0.25, 0.3) is 6.08 Å². The summed E-state index contributed by atoms with van der Waals surface area (Å²) in [4.78, 5) is 36.3. The molecular formula is C23H23NO7. The molecule has 0 saturated carbocycles. The number of rotatable bonds is 6. The molecule has 31 heavy (non-hydrogen) atoms. The minimum Gasteiger partial charge on any atom is -0.493 e. The minimum absolute atomic E-state index is 0.224. The van der Waals surface area contributed by atoms with Crippen LogP contribution in [0.1, 0.15) is 25.0 Å². The Bertz CT molecular complexity index is 1020. The zero-order valence-corrected chi connectivity index (χ0v) is 17.7.